The first-order chi connectivity index (χ1) is 19.2. The van der Waals surface area contributed by atoms with Crippen molar-refractivity contribution in [2.75, 3.05) is 10.8 Å². The van der Waals surface area contributed by atoms with E-state index in [4.69, 9.17) is 4.42 Å². The van der Waals surface area contributed by atoms with E-state index >= 15 is 0 Å². The van der Waals surface area contributed by atoms with Gasteiger partial charge in [0.15, 0.2) is 5.76 Å². The number of sulfonamides is 1. The third kappa shape index (κ3) is 6.14. The number of nitrogens with one attached hydrogen (secondary N) is 1. The van der Waals surface area contributed by atoms with Crippen LogP contribution >= 0.6 is 31.9 Å². The Bertz CT molecular complexity index is 1760. The fourth-order valence-corrected chi connectivity index (χ4v) is 6.29. The molecule has 2 heterocycles. The molecular weight excluding hydrogens is 658 g/mol. The highest BCUT2D eigenvalue weighted by Gasteiger charge is 2.27. The normalized spacial score (nSPS) is 11.5. The van der Waals surface area contributed by atoms with Crippen LogP contribution in [0.3, 0.4) is 0 Å². The molecule has 10 heteroatoms. The molecule has 40 heavy (non-hydrogen) atoms. The summed E-state index contributed by atoms with van der Waals surface area (Å²) in [5.74, 6) is -0.135. The van der Waals surface area contributed by atoms with Gasteiger partial charge < -0.3 is 9.73 Å². The van der Waals surface area contributed by atoms with Gasteiger partial charge in [-0.05, 0) is 79.2 Å². The number of pyridine rings is 1. The molecular formula is C30H25Br2N3O4S. The van der Waals surface area contributed by atoms with E-state index in [-0.39, 0.29) is 23.1 Å². The lowest BCUT2D eigenvalue weighted by Crippen LogP contribution is -2.30. The molecule has 0 unspecified atom stereocenters. The van der Waals surface area contributed by atoms with Gasteiger partial charge in [0.2, 0.25) is 0 Å². The second-order valence-corrected chi connectivity index (χ2v) is 12.8. The number of amides is 1. The van der Waals surface area contributed by atoms with Gasteiger partial charge in [-0.2, -0.15) is 0 Å². The van der Waals surface area contributed by atoms with Gasteiger partial charge in [0.25, 0.3) is 15.9 Å². The quantitative estimate of drug-likeness (QED) is 0.180. The molecule has 0 saturated heterocycles. The van der Waals surface area contributed by atoms with Crippen LogP contribution in [0, 0.1) is 6.92 Å². The molecule has 0 fully saturated rings. The molecule has 0 aliphatic carbocycles. The first-order valence-electron chi connectivity index (χ1n) is 12.5. The summed E-state index contributed by atoms with van der Waals surface area (Å²) >= 11 is 6.81. The highest BCUT2D eigenvalue weighted by atomic mass is 79.9. The van der Waals surface area contributed by atoms with Crippen LogP contribution in [-0.4, -0.2) is 25.9 Å². The van der Waals surface area contributed by atoms with Crippen molar-refractivity contribution in [3.05, 3.63) is 123 Å². The van der Waals surface area contributed by atoms with Crippen molar-refractivity contribution >= 4 is 64.4 Å². The maximum Gasteiger partial charge on any atom is 0.287 e. The number of aromatic nitrogens is 1. The molecule has 0 radical (unpaired) electrons. The number of fused-ring (bicyclic) bond motifs is 1. The molecule has 2 aromatic heterocycles. The number of nitrogens with zero attached hydrogens (tertiary/aromatic N) is 2. The molecule has 3 aromatic carbocycles. The van der Waals surface area contributed by atoms with E-state index in [2.05, 4.69) is 42.2 Å². The van der Waals surface area contributed by atoms with Gasteiger partial charge in [-0.25, -0.2) is 8.42 Å². The molecule has 0 bridgehead atoms. The summed E-state index contributed by atoms with van der Waals surface area (Å²) in [6.07, 6.45) is 2.31. The molecule has 7 nitrogen and oxygen atoms in total. The van der Waals surface area contributed by atoms with E-state index in [0.717, 1.165) is 20.2 Å². The van der Waals surface area contributed by atoms with Gasteiger partial charge in [-0.3, -0.25) is 14.1 Å². The summed E-state index contributed by atoms with van der Waals surface area (Å²) in [7, 11) is -3.92. The minimum absolute atomic E-state index is 0.120. The van der Waals surface area contributed by atoms with Gasteiger partial charge in [-0.1, -0.05) is 50.1 Å². The SMILES string of the molecule is Cc1c(C(=O)NCCc2ccccn2)oc2ccc(N(Cc3ccc(Br)cc3)S(=O)(=O)c3ccc(Br)cc3)cc12. The van der Waals surface area contributed by atoms with Crippen molar-refractivity contribution in [3.63, 3.8) is 0 Å². The lowest BCUT2D eigenvalue weighted by atomic mass is 10.1. The van der Waals surface area contributed by atoms with Gasteiger partial charge in [0, 0.05) is 44.8 Å². The van der Waals surface area contributed by atoms with E-state index in [9.17, 15) is 13.2 Å². The number of halogens is 2. The smallest absolute Gasteiger partial charge is 0.287 e. The summed E-state index contributed by atoms with van der Waals surface area (Å²) in [6, 6.07) is 24.9. The zero-order valence-electron chi connectivity index (χ0n) is 21.5. The Kier molecular flexibility index (Phi) is 8.39. The Labute approximate surface area is 249 Å². The Morgan fingerprint density at radius 3 is 2.33 bits per heavy atom. The minimum Gasteiger partial charge on any atom is -0.451 e. The number of hydrogen-bond donors (Lipinski definition) is 1. The van der Waals surface area contributed by atoms with Crippen molar-refractivity contribution in [3.8, 4) is 0 Å². The molecule has 0 atom stereocenters. The van der Waals surface area contributed by atoms with Crippen LogP contribution in [0.25, 0.3) is 11.0 Å². The molecule has 204 valence electrons. The van der Waals surface area contributed by atoms with E-state index < -0.39 is 10.0 Å². The van der Waals surface area contributed by atoms with Gasteiger partial charge in [-0.15, -0.1) is 0 Å². The van der Waals surface area contributed by atoms with Gasteiger partial charge in [0.05, 0.1) is 17.1 Å². The van der Waals surface area contributed by atoms with Crippen LogP contribution in [0.15, 0.2) is 109 Å². The third-order valence-corrected chi connectivity index (χ3v) is 9.29. The number of carbonyl (C=O) groups excluding carboxylic acids is 1. The Balaban J connectivity index is 1.47. The predicted molar refractivity (Wildman–Crippen MR) is 163 cm³/mol. The van der Waals surface area contributed by atoms with Crippen LogP contribution < -0.4 is 9.62 Å². The maximum atomic E-state index is 13.9. The van der Waals surface area contributed by atoms with Crippen molar-refractivity contribution in [2.24, 2.45) is 0 Å². The monoisotopic (exact) mass is 681 g/mol. The average Bonchev–Trinajstić information content (AvgIpc) is 3.29. The fraction of sp³-hybridized carbons (Fsp3) is 0.133. The topological polar surface area (TPSA) is 92.5 Å². The number of hydrogen-bond acceptors (Lipinski definition) is 5. The molecule has 0 spiro atoms. The Hall–Kier alpha value is -3.47. The van der Waals surface area contributed by atoms with Crippen LogP contribution in [0.5, 0.6) is 0 Å². The van der Waals surface area contributed by atoms with Crippen LogP contribution in [0.4, 0.5) is 5.69 Å². The Morgan fingerprint density at radius 1 is 0.950 bits per heavy atom. The second kappa shape index (κ2) is 12.0. The molecule has 0 aliphatic rings. The van der Waals surface area contributed by atoms with Crippen LogP contribution in [0.1, 0.15) is 27.4 Å². The largest absolute Gasteiger partial charge is 0.451 e. The van der Waals surface area contributed by atoms with Gasteiger partial charge >= 0.3 is 0 Å². The average molecular weight is 683 g/mol. The molecule has 1 N–H and O–H groups in total. The van der Waals surface area contributed by atoms with E-state index in [1.54, 1.807) is 55.6 Å². The highest BCUT2D eigenvalue weighted by molar-refractivity contribution is 9.10. The second-order valence-electron chi connectivity index (χ2n) is 9.16. The third-order valence-electron chi connectivity index (χ3n) is 6.45. The number of aryl methyl sites for hydroxylation is 1. The van der Waals surface area contributed by atoms with Crippen LogP contribution in [-0.2, 0) is 23.0 Å². The first kappa shape index (κ1) is 28.1. The summed E-state index contributed by atoms with van der Waals surface area (Å²) in [4.78, 5) is 17.4. The highest BCUT2D eigenvalue weighted by Crippen LogP contribution is 2.33. The first-order valence-corrected chi connectivity index (χ1v) is 15.5. The summed E-state index contributed by atoms with van der Waals surface area (Å²) in [5, 5.41) is 3.55. The molecule has 5 rings (SSSR count). The summed E-state index contributed by atoms with van der Waals surface area (Å²) in [5.41, 5.74) is 3.30. The van der Waals surface area contributed by atoms with Crippen molar-refractivity contribution in [1.29, 1.82) is 0 Å². The number of anilines is 1. The van der Waals surface area contributed by atoms with Crippen molar-refractivity contribution < 1.29 is 17.6 Å². The van der Waals surface area contributed by atoms with E-state index in [1.165, 1.54) is 4.31 Å². The zero-order chi connectivity index (χ0) is 28.3. The fourth-order valence-electron chi connectivity index (χ4n) is 4.32. The molecule has 1 amide bonds. The lowest BCUT2D eigenvalue weighted by molar-refractivity contribution is 0.0927. The number of rotatable bonds is 9. The summed E-state index contributed by atoms with van der Waals surface area (Å²) in [6.45, 7) is 2.32. The van der Waals surface area contributed by atoms with E-state index in [0.29, 0.717) is 35.2 Å². The number of benzene rings is 3. The van der Waals surface area contributed by atoms with Crippen LogP contribution in [0.2, 0.25) is 0 Å². The minimum atomic E-state index is -3.92. The Morgan fingerprint density at radius 2 is 1.65 bits per heavy atom. The van der Waals surface area contributed by atoms with Crippen molar-refractivity contribution in [1.82, 2.24) is 10.3 Å². The number of furan rings is 1. The molecule has 0 aliphatic heterocycles. The standard InChI is InChI=1S/C30H25Br2N3O4S/c1-20-27-18-25(11-14-28(27)39-29(20)30(36)34-17-15-24-4-2-3-16-33-24)35(19-21-5-7-22(31)8-6-21)40(37,38)26-12-9-23(32)10-13-26/h2-14,16,18H,15,17,19H2,1H3,(H,34,36). The predicted octanol–water partition coefficient (Wildman–Crippen LogP) is 7.03. The van der Waals surface area contributed by atoms with E-state index in [1.807, 2.05) is 42.5 Å². The molecule has 5 aromatic rings. The van der Waals surface area contributed by atoms with Crippen molar-refractivity contribution in [2.45, 2.75) is 24.8 Å². The lowest BCUT2D eigenvalue weighted by Gasteiger charge is -2.25. The summed E-state index contributed by atoms with van der Waals surface area (Å²) < 4.78 is 36.8. The van der Waals surface area contributed by atoms with Gasteiger partial charge in [0.1, 0.15) is 5.58 Å². The molecule has 0 saturated carbocycles. The maximum absolute atomic E-state index is 13.9. The number of carbonyl (C=O) groups is 1. The zero-order valence-corrected chi connectivity index (χ0v) is 25.5.